The zero-order valence-corrected chi connectivity index (χ0v) is 28.2. The van der Waals surface area contributed by atoms with Crippen molar-refractivity contribution in [3.05, 3.63) is 0 Å². The van der Waals surface area contributed by atoms with Crippen molar-refractivity contribution in [3.63, 3.8) is 0 Å². The van der Waals surface area contributed by atoms with Crippen molar-refractivity contribution >= 4 is 0 Å². The average Bonchev–Trinajstić information content (AvgIpc) is 2.95. The fraction of sp³-hybridized carbons (Fsp3) is 1.00. The molecule has 0 aromatic carbocycles. The third-order valence-corrected chi connectivity index (χ3v) is 8.98. The fourth-order valence-corrected chi connectivity index (χ4v) is 6.16. The summed E-state index contributed by atoms with van der Waals surface area (Å²) >= 11 is 0. The molecule has 0 fully saturated rings. The van der Waals surface area contributed by atoms with Gasteiger partial charge in [0.2, 0.25) is 0 Å². The maximum absolute atomic E-state index is 2.85. The van der Waals surface area contributed by atoms with Gasteiger partial charge in [-0.1, -0.05) is 207 Å². The van der Waals surface area contributed by atoms with E-state index in [-0.39, 0.29) is 0 Å². The molecule has 0 heterocycles. The zero-order chi connectivity index (χ0) is 28.3. The van der Waals surface area contributed by atoms with Crippen LogP contribution in [0.4, 0.5) is 0 Å². The van der Waals surface area contributed by atoms with Gasteiger partial charge in [-0.15, -0.1) is 0 Å². The van der Waals surface area contributed by atoms with E-state index in [1.165, 1.54) is 225 Å². The van der Waals surface area contributed by atoms with E-state index in [0.717, 1.165) is 0 Å². The van der Waals surface area contributed by atoms with E-state index in [4.69, 9.17) is 0 Å². The first-order chi connectivity index (χ1) is 19.3. The van der Waals surface area contributed by atoms with Gasteiger partial charge in [-0.3, -0.25) is 0 Å². The maximum atomic E-state index is 2.85. The molecule has 0 atom stereocenters. The van der Waals surface area contributed by atoms with Gasteiger partial charge in [0.1, 0.15) is 0 Å². The third-order valence-electron chi connectivity index (χ3n) is 8.98. The lowest BCUT2D eigenvalue weighted by molar-refractivity contribution is 0.254. The molecule has 0 saturated heterocycles. The molecular formula is C38H79N. The van der Waals surface area contributed by atoms with E-state index in [1.54, 1.807) is 0 Å². The van der Waals surface area contributed by atoms with Crippen molar-refractivity contribution in [1.82, 2.24) is 4.90 Å². The van der Waals surface area contributed by atoms with E-state index < -0.39 is 0 Å². The number of hydrogen-bond donors (Lipinski definition) is 0. The molecule has 0 N–H and O–H groups in total. The van der Waals surface area contributed by atoms with Gasteiger partial charge in [0.15, 0.2) is 0 Å². The van der Waals surface area contributed by atoms with Crippen LogP contribution in [0.1, 0.15) is 226 Å². The first kappa shape index (κ1) is 39.0. The van der Waals surface area contributed by atoms with Crippen molar-refractivity contribution in [2.45, 2.75) is 226 Å². The minimum Gasteiger partial charge on any atom is -0.303 e. The van der Waals surface area contributed by atoms with Gasteiger partial charge in [0.25, 0.3) is 0 Å². The predicted octanol–water partition coefficient (Wildman–Crippen LogP) is 13.8. The average molecular weight is 550 g/mol. The van der Waals surface area contributed by atoms with E-state index in [1.807, 2.05) is 0 Å². The number of rotatable bonds is 35. The summed E-state index contributed by atoms with van der Waals surface area (Å²) in [5.41, 5.74) is 0. The van der Waals surface area contributed by atoms with Crippen LogP contribution in [0.2, 0.25) is 0 Å². The molecule has 0 rings (SSSR count). The Hall–Kier alpha value is -0.0400. The molecular weight excluding hydrogens is 470 g/mol. The molecule has 0 aliphatic carbocycles. The Morgan fingerprint density at radius 1 is 0.205 bits per heavy atom. The van der Waals surface area contributed by atoms with Crippen LogP contribution in [-0.2, 0) is 0 Å². The normalized spacial score (nSPS) is 11.7. The zero-order valence-electron chi connectivity index (χ0n) is 28.2. The van der Waals surface area contributed by atoms with E-state index >= 15 is 0 Å². The van der Waals surface area contributed by atoms with Crippen LogP contribution in [0.25, 0.3) is 0 Å². The van der Waals surface area contributed by atoms with Gasteiger partial charge in [-0.25, -0.2) is 0 Å². The summed E-state index contributed by atoms with van der Waals surface area (Å²) in [7, 11) is 0. The summed E-state index contributed by atoms with van der Waals surface area (Å²) < 4.78 is 0. The second-order valence-corrected chi connectivity index (χ2v) is 13.1. The highest BCUT2D eigenvalue weighted by molar-refractivity contribution is 4.61. The molecule has 0 bridgehead atoms. The van der Waals surface area contributed by atoms with Crippen LogP contribution >= 0.6 is 0 Å². The summed E-state index contributed by atoms with van der Waals surface area (Å²) in [6.45, 7) is 11.1. The molecule has 0 unspecified atom stereocenters. The van der Waals surface area contributed by atoms with Gasteiger partial charge >= 0.3 is 0 Å². The molecule has 0 spiro atoms. The quantitative estimate of drug-likeness (QED) is 0.0710. The predicted molar refractivity (Wildman–Crippen MR) is 181 cm³/mol. The van der Waals surface area contributed by atoms with E-state index in [0.29, 0.717) is 0 Å². The minimum atomic E-state index is 1.37. The van der Waals surface area contributed by atoms with Crippen molar-refractivity contribution in [3.8, 4) is 0 Å². The molecule has 39 heavy (non-hydrogen) atoms. The van der Waals surface area contributed by atoms with Gasteiger partial charge in [-0.05, 0) is 38.9 Å². The molecule has 0 aliphatic rings. The van der Waals surface area contributed by atoms with E-state index in [9.17, 15) is 0 Å². The first-order valence-electron chi connectivity index (χ1n) is 19.1. The van der Waals surface area contributed by atoms with Gasteiger partial charge in [0, 0.05) is 0 Å². The van der Waals surface area contributed by atoms with Gasteiger partial charge in [0.05, 0.1) is 0 Å². The van der Waals surface area contributed by atoms with Gasteiger partial charge < -0.3 is 4.90 Å². The fourth-order valence-electron chi connectivity index (χ4n) is 6.16. The number of unbranched alkanes of at least 4 members (excludes halogenated alkanes) is 29. The van der Waals surface area contributed by atoms with Crippen molar-refractivity contribution in [2.24, 2.45) is 0 Å². The number of nitrogens with zero attached hydrogens (tertiary/aromatic N) is 1. The summed E-state index contributed by atoms with van der Waals surface area (Å²) in [5.74, 6) is 0. The molecule has 1 heteroatoms. The Balaban J connectivity index is 3.88. The summed E-state index contributed by atoms with van der Waals surface area (Å²) in [6.07, 6.45) is 46.6. The summed E-state index contributed by atoms with van der Waals surface area (Å²) in [4.78, 5) is 2.85. The monoisotopic (exact) mass is 550 g/mol. The molecule has 0 amide bonds. The van der Waals surface area contributed by atoms with Crippen molar-refractivity contribution < 1.29 is 0 Å². The molecule has 0 saturated carbocycles. The molecule has 236 valence electrons. The first-order valence-corrected chi connectivity index (χ1v) is 19.1. The van der Waals surface area contributed by atoms with Crippen LogP contribution in [0.15, 0.2) is 0 Å². The lowest BCUT2D eigenvalue weighted by atomic mass is 10.0. The van der Waals surface area contributed by atoms with Crippen LogP contribution in [0.3, 0.4) is 0 Å². The second-order valence-electron chi connectivity index (χ2n) is 13.1. The van der Waals surface area contributed by atoms with Crippen molar-refractivity contribution in [2.75, 3.05) is 19.6 Å². The van der Waals surface area contributed by atoms with Crippen LogP contribution in [-0.4, -0.2) is 24.5 Å². The molecule has 1 nitrogen and oxygen atoms in total. The lowest BCUT2D eigenvalue weighted by Crippen LogP contribution is -2.27. The number of hydrogen-bond acceptors (Lipinski definition) is 1. The SMILES string of the molecule is CCCCCCCCCCCCCN(CCCCCCCCCCCC)CCCCCCCCCCCCC. The van der Waals surface area contributed by atoms with Crippen LogP contribution < -0.4 is 0 Å². The topological polar surface area (TPSA) is 3.24 Å². The molecule has 0 aromatic rings. The minimum absolute atomic E-state index is 1.37. The van der Waals surface area contributed by atoms with E-state index in [2.05, 4.69) is 25.7 Å². The highest BCUT2D eigenvalue weighted by atomic mass is 15.1. The highest BCUT2D eigenvalue weighted by Gasteiger charge is 2.05. The highest BCUT2D eigenvalue weighted by Crippen LogP contribution is 2.15. The Morgan fingerprint density at radius 3 is 0.538 bits per heavy atom. The Morgan fingerprint density at radius 2 is 0.359 bits per heavy atom. The second kappa shape index (κ2) is 36.0. The van der Waals surface area contributed by atoms with Crippen molar-refractivity contribution in [1.29, 1.82) is 0 Å². The van der Waals surface area contributed by atoms with Crippen LogP contribution in [0, 0.1) is 0 Å². The smallest absolute Gasteiger partial charge is 0.00187 e. The summed E-state index contributed by atoms with van der Waals surface area (Å²) in [5, 5.41) is 0. The lowest BCUT2D eigenvalue weighted by Gasteiger charge is -2.22. The Bertz CT molecular complexity index is 380. The molecule has 0 aromatic heterocycles. The summed E-state index contributed by atoms with van der Waals surface area (Å²) in [6, 6.07) is 0. The third kappa shape index (κ3) is 34.1. The maximum Gasteiger partial charge on any atom is -0.00187 e. The Kier molecular flexibility index (Phi) is 35.9. The molecule has 0 aliphatic heterocycles. The largest absolute Gasteiger partial charge is 0.303 e. The van der Waals surface area contributed by atoms with Gasteiger partial charge in [-0.2, -0.15) is 0 Å². The molecule has 0 radical (unpaired) electrons. The Labute approximate surface area is 250 Å². The van der Waals surface area contributed by atoms with Crippen LogP contribution in [0.5, 0.6) is 0 Å². The standard InChI is InChI=1S/C38H79N/c1-4-7-10-13-16-19-22-25-28-31-34-37-39(36-33-30-27-24-21-18-15-12-9-6-3)38-35-32-29-26-23-20-17-14-11-8-5-2/h4-38H2,1-3H3.